The zero-order chi connectivity index (χ0) is 25.2. The number of imidazole rings is 1. The highest BCUT2D eigenvalue weighted by Crippen LogP contribution is 2.38. The molecule has 4 rings (SSSR count). The molecule has 7 nitrogen and oxygen atoms in total. The Morgan fingerprint density at radius 3 is 2.77 bits per heavy atom. The van der Waals surface area contributed by atoms with Gasteiger partial charge in [-0.15, -0.1) is 0 Å². The first kappa shape index (κ1) is 25.0. The van der Waals surface area contributed by atoms with Gasteiger partial charge in [-0.05, 0) is 49.2 Å². The highest BCUT2D eigenvalue weighted by molar-refractivity contribution is 6.31. The van der Waals surface area contributed by atoms with Gasteiger partial charge in [-0.3, -0.25) is 9.59 Å². The van der Waals surface area contributed by atoms with Crippen LogP contribution in [0.4, 0.5) is 18.9 Å². The summed E-state index contributed by atoms with van der Waals surface area (Å²) >= 11 is 6.01. The van der Waals surface area contributed by atoms with Gasteiger partial charge < -0.3 is 19.9 Å². The van der Waals surface area contributed by atoms with Crippen LogP contribution in [0.5, 0.6) is 0 Å². The molecule has 35 heavy (non-hydrogen) atoms. The van der Waals surface area contributed by atoms with Crippen LogP contribution in [0.25, 0.3) is 11.0 Å². The Morgan fingerprint density at radius 1 is 1.23 bits per heavy atom. The van der Waals surface area contributed by atoms with Crippen LogP contribution in [-0.2, 0) is 15.7 Å². The molecule has 2 heterocycles. The van der Waals surface area contributed by atoms with Gasteiger partial charge >= 0.3 is 6.18 Å². The molecular formula is C24H24ClF3N4O3. The number of aromatic nitrogens is 2. The lowest BCUT2D eigenvalue weighted by Gasteiger charge is -2.25. The maximum Gasteiger partial charge on any atom is 0.418 e. The van der Waals surface area contributed by atoms with Crippen molar-refractivity contribution < 1.29 is 27.5 Å². The van der Waals surface area contributed by atoms with Crippen LogP contribution < -0.4 is 10.2 Å². The molecule has 0 bridgehead atoms. The molecule has 11 heteroatoms. The number of rotatable bonds is 6. The fourth-order valence-corrected chi connectivity index (χ4v) is 4.31. The van der Waals surface area contributed by atoms with Crippen LogP contribution in [0.1, 0.15) is 53.5 Å². The van der Waals surface area contributed by atoms with E-state index in [0.29, 0.717) is 34.7 Å². The second-order valence-corrected chi connectivity index (χ2v) is 8.79. The predicted octanol–water partition coefficient (Wildman–Crippen LogP) is 5.26. The minimum Gasteiger partial charge on any atom is -0.382 e. The van der Waals surface area contributed by atoms with E-state index in [1.54, 1.807) is 18.2 Å². The van der Waals surface area contributed by atoms with E-state index in [9.17, 15) is 22.8 Å². The van der Waals surface area contributed by atoms with E-state index < -0.39 is 23.7 Å². The number of halogens is 4. The van der Waals surface area contributed by atoms with Gasteiger partial charge in [0.15, 0.2) is 0 Å². The van der Waals surface area contributed by atoms with E-state index in [1.807, 2.05) is 0 Å². The molecule has 1 aliphatic rings. The number of methoxy groups -OCH3 is 1. The third-order valence-electron chi connectivity index (χ3n) is 5.86. The van der Waals surface area contributed by atoms with Gasteiger partial charge in [0.2, 0.25) is 5.91 Å². The minimum atomic E-state index is -4.75. The first-order valence-electron chi connectivity index (χ1n) is 11.1. The molecule has 1 aromatic heterocycles. The number of ether oxygens (including phenoxy) is 1. The molecule has 2 N–H and O–H groups in total. The summed E-state index contributed by atoms with van der Waals surface area (Å²) in [5.41, 5.74) is -0.187. The first-order chi connectivity index (χ1) is 16.7. The number of alkyl halides is 3. The van der Waals surface area contributed by atoms with Crippen molar-refractivity contribution in [3.63, 3.8) is 0 Å². The van der Waals surface area contributed by atoms with Gasteiger partial charge in [-0.25, -0.2) is 4.98 Å². The summed E-state index contributed by atoms with van der Waals surface area (Å²) < 4.78 is 47.1. The monoisotopic (exact) mass is 508 g/mol. The lowest BCUT2D eigenvalue weighted by atomic mass is 10.1. The molecule has 0 radical (unpaired) electrons. The van der Waals surface area contributed by atoms with E-state index in [-0.39, 0.29) is 36.7 Å². The second kappa shape index (κ2) is 10.2. The lowest BCUT2D eigenvalue weighted by molar-refractivity contribution is -0.137. The molecule has 2 aromatic carbocycles. The van der Waals surface area contributed by atoms with Gasteiger partial charge in [-0.2, -0.15) is 13.2 Å². The molecule has 1 unspecified atom stereocenters. The largest absolute Gasteiger partial charge is 0.418 e. The van der Waals surface area contributed by atoms with Crippen LogP contribution in [0, 0.1) is 0 Å². The Hall–Kier alpha value is -3.11. The number of hydrogen-bond acceptors (Lipinski definition) is 4. The lowest BCUT2D eigenvalue weighted by Crippen LogP contribution is -2.34. The number of carbonyl (C=O) groups excluding carboxylic acids is 2. The van der Waals surface area contributed by atoms with Crippen molar-refractivity contribution in [3.8, 4) is 0 Å². The Labute approximate surface area is 204 Å². The SMILES string of the molecule is COCC(NC(=O)c1ccc(N2CCCCCC2=O)c(C(F)(F)F)c1)c1nc2ccc(Cl)cc2[nH]1. The van der Waals surface area contributed by atoms with Gasteiger partial charge in [-0.1, -0.05) is 18.0 Å². The number of nitrogens with zero attached hydrogens (tertiary/aromatic N) is 2. The summed E-state index contributed by atoms with van der Waals surface area (Å²) in [6.45, 7) is 0.241. The number of nitrogens with one attached hydrogen (secondary N) is 2. The topological polar surface area (TPSA) is 87.3 Å². The van der Waals surface area contributed by atoms with Crippen LogP contribution in [0.2, 0.25) is 5.02 Å². The van der Waals surface area contributed by atoms with Gasteiger partial charge in [0.1, 0.15) is 11.9 Å². The van der Waals surface area contributed by atoms with E-state index >= 15 is 0 Å². The number of benzene rings is 2. The molecule has 1 fully saturated rings. The molecule has 1 aliphatic heterocycles. The van der Waals surface area contributed by atoms with Crippen molar-refractivity contribution in [2.45, 2.75) is 37.9 Å². The van der Waals surface area contributed by atoms with E-state index in [2.05, 4.69) is 15.3 Å². The molecule has 1 saturated heterocycles. The quantitative estimate of drug-likeness (QED) is 0.475. The molecule has 3 aromatic rings. The predicted molar refractivity (Wildman–Crippen MR) is 125 cm³/mol. The average molecular weight is 509 g/mol. The maximum atomic E-state index is 14.0. The third-order valence-corrected chi connectivity index (χ3v) is 6.09. The summed E-state index contributed by atoms with van der Waals surface area (Å²) in [5, 5.41) is 3.19. The Balaban J connectivity index is 1.63. The average Bonchev–Trinajstić information content (AvgIpc) is 3.11. The number of carbonyl (C=O) groups is 2. The van der Waals surface area contributed by atoms with Gasteiger partial charge in [0.05, 0.1) is 28.9 Å². The molecule has 186 valence electrons. The number of anilines is 1. The Morgan fingerprint density at radius 2 is 2.03 bits per heavy atom. The Kier molecular flexibility index (Phi) is 7.32. The summed E-state index contributed by atoms with van der Waals surface area (Å²) in [4.78, 5) is 34.1. The normalized spacial score (nSPS) is 15.8. The zero-order valence-electron chi connectivity index (χ0n) is 18.9. The fraction of sp³-hybridized carbons (Fsp3) is 0.375. The maximum absolute atomic E-state index is 14.0. The second-order valence-electron chi connectivity index (χ2n) is 8.35. The van der Waals surface area contributed by atoms with Crippen molar-refractivity contribution in [2.75, 3.05) is 25.2 Å². The number of H-pyrrole nitrogens is 1. The third kappa shape index (κ3) is 5.59. The van der Waals surface area contributed by atoms with Crippen LogP contribution in [0.3, 0.4) is 0 Å². The highest BCUT2D eigenvalue weighted by Gasteiger charge is 2.37. The molecular weight excluding hydrogens is 485 g/mol. The number of fused-ring (bicyclic) bond motifs is 1. The number of amides is 2. The standard InChI is InChI=1S/C24H24ClF3N4O3/c1-35-13-19(22-29-17-8-7-15(25)12-18(17)30-22)31-23(34)14-6-9-20(16(11-14)24(26,27)28)32-10-4-2-3-5-21(32)33/h6-9,11-12,19H,2-5,10,13H2,1H3,(H,29,30)(H,31,34). The van der Waals surface area contributed by atoms with Crippen molar-refractivity contribution in [3.05, 3.63) is 58.4 Å². The molecule has 1 atom stereocenters. The van der Waals surface area contributed by atoms with Gasteiger partial charge in [0.25, 0.3) is 5.91 Å². The van der Waals surface area contributed by atoms with Crippen molar-refractivity contribution in [1.82, 2.24) is 15.3 Å². The zero-order valence-corrected chi connectivity index (χ0v) is 19.7. The van der Waals surface area contributed by atoms with Crippen molar-refractivity contribution >= 4 is 40.1 Å². The van der Waals surface area contributed by atoms with Crippen LogP contribution in [0.15, 0.2) is 36.4 Å². The van der Waals surface area contributed by atoms with E-state index in [0.717, 1.165) is 12.5 Å². The van der Waals surface area contributed by atoms with Crippen molar-refractivity contribution in [2.24, 2.45) is 0 Å². The van der Waals surface area contributed by atoms with Crippen LogP contribution in [-0.4, -0.2) is 42.0 Å². The first-order valence-corrected chi connectivity index (χ1v) is 11.5. The summed E-state index contributed by atoms with van der Waals surface area (Å²) in [7, 11) is 1.44. The molecule has 0 saturated carbocycles. The summed E-state index contributed by atoms with van der Waals surface area (Å²) in [6, 6.07) is 7.58. The minimum absolute atomic E-state index is 0.0335. The number of hydrogen-bond donors (Lipinski definition) is 2. The van der Waals surface area contributed by atoms with Crippen LogP contribution >= 0.6 is 11.6 Å². The van der Waals surface area contributed by atoms with Crippen molar-refractivity contribution in [1.29, 1.82) is 0 Å². The summed E-state index contributed by atoms with van der Waals surface area (Å²) in [5.74, 6) is -0.708. The van der Waals surface area contributed by atoms with E-state index in [4.69, 9.17) is 16.3 Å². The van der Waals surface area contributed by atoms with Gasteiger partial charge in [0, 0.05) is 30.7 Å². The smallest absolute Gasteiger partial charge is 0.382 e. The van der Waals surface area contributed by atoms with E-state index in [1.165, 1.54) is 24.1 Å². The Bertz CT molecular complexity index is 1240. The summed E-state index contributed by atoms with van der Waals surface area (Å²) in [6.07, 6.45) is -2.51. The fourth-order valence-electron chi connectivity index (χ4n) is 4.14. The number of aromatic amines is 1. The highest BCUT2D eigenvalue weighted by atomic mass is 35.5. The molecule has 2 amide bonds. The molecule has 0 aliphatic carbocycles. The molecule has 0 spiro atoms.